The minimum absolute atomic E-state index is 0.644. The molecule has 19 heavy (non-hydrogen) atoms. The molecule has 0 aliphatic carbocycles. The van der Waals surface area contributed by atoms with E-state index in [1.807, 2.05) is 31.2 Å². The molecular weight excluding hydrogens is 242 g/mol. The van der Waals surface area contributed by atoms with Gasteiger partial charge in [0.1, 0.15) is 23.9 Å². The van der Waals surface area contributed by atoms with E-state index in [9.17, 15) is 0 Å². The van der Waals surface area contributed by atoms with Gasteiger partial charge in [-0.25, -0.2) is 19.6 Å². The highest BCUT2D eigenvalue weighted by molar-refractivity contribution is 5.70. The van der Waals surface area contributed by atoms with Crippen molar-refractivity contribution in [1.29, 1.82) is 0 Å². The number of aromatic nitrogens is 4. The topological polar surface area (TPSA) is 64.9 Å². The van der Waals surface area contributed by atoms with Gasteiger partial charge >= 0.3 is 0 Å². The van der Waals surface area contributed by atoms with E-state index >= 15 is 0 Å². The smallest absolute Gasteiger partial charge is 0.182 e. The van der Waals surface area contributed by atoms with Crippen LogP contribution in [-0.4, -0.2) is 26.2 Å². The Bertz CT molecular complexity index is 694. The summed E-state index contributed by atoms with van der Waals surface area (Å²) in [6.45, 7) is 2.60. The predicted octanol–water partition coefficient (Wildman–Crippen LogP) is 2.10. The number of nitrogens with zero attached hydrogens (tertiary/aromatic N) is 4. The minimum atomic E-state index is 0.644. The Morgan fingerprint density at radius 3 is 3.16 bits per heavy atom. The first kappa shape index (κ1) is 11.5. The summed E-state index contributed by atoms with van der Waals surface area (Å²) in [5, 5.41) is 0. The molecule has 0 radical (unpaired) electrons. The Balaban J connectivity index is 1.90. The molecule has 3 rings (SSSR count). The molecule has 0 saturated heterocycles. The van der Waals surface area contributed by atoms with E-state index in [4.69, 9.17) is 4.74 Å². The normalized spacial score (nSPS) is 10.6. The van der Waals surface area contributed by atoms with Gasteiger partial charge in [-0.3, -0.25) is 5.43 Å². The lowest BCUT2D eigenvalue weighted by molar-refractivity contribution is 0.340. The summed E-state index contributed by atoms with van der Waals surface area (Å²) >= 11 is 0. The molecule has 6 nitrogen and oxygen atoms in total. The summed E-state index contributed by atoms with van der Waals surface area (Å²) in [7, 11) is 0. The average molecular weight is 255 g/mol. The van der Waals surface area contributed by atoms with Crippen LogP contribution in [0.25, 0.3) is 11.2 Å². The fraction of sp³-hybridized carbons (Fsp3) is 0.154. The highest BCUT2D eigenvalue weighted by Crippen LogP contribution is 2.18. The first-order valence-electron chi connectivity index (χ1n) is 6.00. The molecule has 96 valence electrons. The SMILES string of the molecule is CCOc1cccc(Nn2cnc3cncnc32)c1. The number of rotatable bonds is 4. The zero-order valence-corrected chi connectivity index (χ0v) is 10.4. The first-order valence-corrected chi connectivity index (χ1v) is 6.00. The van der Waals surface area contributed by atoms with Gasteiger partial charge in [-0.2, -0.15) is 0 Å². The molecule has 2 heterocycles. The highest BCUT2D eigenvalue weighted by atomic mass is 16.5. The quantitative estimate of drug-likeness (QED) is 0.773. The van der Waals surface area contributed by atoms with E-state index in [0.717, 1.165) is 22.6 Å². The third-order valence-corrected chi connectivity index (χ3v) is 2.61. The summed E-state index contributed by atoms with van der Waals surface area (Å²) in [6, 6.07) is 7.73. The number of ether oxygens (including phenoxy) is 1. The zero-order chi connectivity index (χ0) is 13.1. The number of anilines is 1. The first-order chi connectivity index (χ1) is 9.36. The van der Waals surface area contributed by atoms with Crippen molar-refractivity contribution in [3.8, 4) is 5.75 Å². The van der Waals surface area contributed by atoms with E-state index in [1.54, 1.807) is 17.2 Å². The Kier molecular flexibility index (Phi) is 2.97. The summed E-state index contributed by atoms with van der Waals surface area (Å²) in [5.41, 5.74) is 5.60. The van der Waals surface area contributed by atoms with E-state index in [2.05, 4.69) is 20.4 Å². The van der Waals surface area contributed by atoms with Crippen LogP contribution in [0.15, 0.2) is 43.1 Å². The lowest BCUT2D eigenvalue weighted by Gasteiger charge is -2.09. The second-order valence-electron chi connectivity index (χ2n) is 3.92. The summed E-state index contributed by atoms with van der Waals surface area (Å²) < 4.78 is 7.21. The van der Waals surface area contributed by atoms with Crippen molar-refractivity contribution in [3.05, 3.63) is 43.1 Å². The Morgan fingerprint density at radius 2 is 2.26 bits per heavy atom. The molecule has 0 saturated carbocycles. The Hall–Kier alpha value is -2.63. The molecule has 1 N–H and O–H groups in total. The lowest BCUT2D eigenvalue weighted by Crippen LogP contribution is -2.08. The van der Waals surface area contributed by atoms with Crippen molar-refractivity contribution in [2.45, 2.75) is 6.92 Å². The summed E-state index contributed by atoms with van der Waals surface area (Å²) in [6.07, 6.45) is 4.85. The van der Waals surface area contributed by atoms with Gasteiger partial charge in [0.2, 0.25) is 0 Å². The second-order valence-corrected chi connectivity index (χ2v) is 3.92. The molecule has 3 aromatic rings. The molecule has 0 aliphatic rings. The zero-order valence-electron chi connectivity index (χ0n) is 10.4. The van der Waals surface area contributed by atoms with Crippen LogP contribution >= 0.6 is 0 Å². The number of benzene rings is 1. The van der Waals surface area contributed by atoms with Gasteiger partial charge in [0.25, 0.3) is 0 Å². The molecule has 1 aromatic carbocycles. The van der Waals surface area contributed by atoms with E-state index < -0.39 is 0 Å². The third-order valence-electron chi connectivity index (χ3n) is 2.61. The molecule has 6 heteroatoms. The molecule has 0 bridgehead atoms. The van der Waals surface area contributed by atoms with Gasteiger partial charge in [-0.05, 0) is 19.1 Å². The van der Waals surface area contributed by atoms with E-state index in [1.165, 1.54) is 6.33 Å². The molecule has 0 amide bonds. The van der Waals surface area contributed by atoms with Crippen LogP contribution in [0.4, 0.5) is 5.69 Å². The van der Waals surface area contributed by atoms with Crippen LogP contribution in [0, 0.1) is 0 Å². The van der Waals surface area contributed by atoms with Gasteiger partial charge in [0.05, 0.1) is 18.5 Å². The molecule has 2 aromatic heterocycles. The molecule has 0 spiro atoms. The monoisotopic (exact) mass is 255 g/mol. The third kappa shape index (κ3) is 2.33. The van der Waals surface area contributed by atoms with Crippen LogP contribution < -0.4 is 10.2 Å². The molecule has 0 fully saturated rings. The van der Waals surface area contributed by atoms with Crippen molar-refractivity contribution in [3.63, 3.8) is 0 Å². The van der Waals surface area contributed by atoms with Crippen molar-refractivity contribution in [2.75, 3.05) is 12.0 Å². The van der Waals surface area contributed by atoms with Crippen molar-refractivity contribution >= 4 is 16.9 Å². The van der Waals surface area contributed by atoms with Crippen LogP contribution in [0.3, 0.4) is 0 Å². The van der Waals surface area contributed by atoms with Crippen LogP contribution in [0.5, 0.6) is 5.75 Å². The van der Waals surface area contributed by atoms with Gasteiger partial charge in [-0.1, -0.05) is 6.07 Å². The summed E-state index contributed by atoms with van der Waals surface area (Å²) in [4.78, 5) is 12.3. The summed E-state index contributed by atoms with van der Waals surface area (Å²) in [5.74, 6) is 0.826. The van der Waals surface area contributed by atoms with Gasteiger partial charge < -0.3 is 4.74 Å². The van der Waals surface area contributed by atoms with Crippen molar-refractivity contribution in [2.24, 2.45) is 0 Å². The van der Waals surface area contributed by atoms with Gasteiger partial charge in [0, 0.05) is 6.07 Å². The maximum Gasteiger partial charge on any atom is 0.182 e. The van der Waals surface area contributed by atoms with Crippen LogP contribution in [0.1, 0.15) is 6.92 Å². The number of hydrogen-bond donors (Lipinski definition) is 1. The molecular formula is C13H13N5O. The standard InChI is InChI=1S/C13H13N5O/c1-2-19-11-5-3-4-10(6-11)17-18-9-16-12-7-14-8-15-13(12)18/h3-9,17H,2H2,1H3. The number of hydrogen-bond acceptors (Lipinski definition) is 5. The lowest BCUT2D eigenvalue weighted by atomic mass is 10.3. The molecule has 0 unspecified atom stereocenters. The van der Waals surface area contributed by atoms with Gasteiger partial charge in [-0.15, -0.1) is 0 Å². The molecule has 0 aliphatic heterocycles. The van der Waals surface area contributed by atoms with Crippen LogP contribution in [0.2, 0.25) is 0 Å². The maximum absolute atomic E-state index is 5.46. The largest absolute Gasteiger partial charge is 0.494 e. The second kappa shape index (κ2) is 4.93. The van der Waals surface area contributed by atoms with E-state index in [0.29, 0.717) is 6.61 Å². The fourth-order valence-electron chi connectivity index (χ4n) is 1.81. The Labute approximate surface area is 110 Å². The van der Waals surface area contributed by atoms with Gasteiger partial charge in [0.15, 0.2) is 5.65 Å². The number of fused-ring (bicyclic) bond motifs is 1. The minimum Gasteiger partial charge on any atom is -0.494 e. The van der Waals surface area contributed by atoms with Crippen LogP contribution in [-0.2, 0) is 0 Å². The molecule has 0 atom stereocenters. The highest BCUT2D eigenvalue weighted by Gasteiger charge is 2.03. The van der Waals surface area contributed by atoms with Crippen molar-refractivity contribution in [1.82, 2.24) is 19.6 Å². The Morgan fingerprint density at radius 1 is 1.32 bits per heavy atom. The fourth-order valence-corrected chi connectivity index (χ4v) is 1.81. The van der Waals surface area contributed by atoms with E-state index in [-0.39, 0.29) is 0 Å². The number of nitrogens with one attached hydrogen (secondary N) is 1. The average Bonchev–Trinajstić information content (AvgIpc) is 2.83. The number of imidazole rings is 1. The maximum atomic E-state index is 5.46. The predicted molar refractivity (Wildman–Crippen MR) is 72.0 cm³/mol. The van der Waals surface area contributed by atoms with Crippen molar-refractivity contribution < 1.29 is 4.74 Å².